The van der Waals surface area contributed by atoms with Gasteiger partial charge in [0, 0.05) is 6.92 Å². The van der Waals surface area contributed by atoms with Crippen LogP contribution in [-0.4, -0.2) is 61.8 Å². The monoisotopic (exact) mass is 534 g/mol. The van der Waals surface area contributed by atoms with E-state index in [0.717, 1.165) is 31.0 Å². The predicted octanol–water partition coefficient (Wildman–Crippen LogP) is 3.41. The number of rotatable bonds is 4. The van der Waals surface area contributed by atoms with Crippen molar-refractivity contribution in [2.75, 3.05) is 7.11 Å². The molecule has 1 aliphatic rings. The van der Waals surface area contributed by atoms with E-state index in [0.29, 0.717) is 0 Å². The Bertz CT molecular complexity index is 1320. The molecule has 1 saturated heterocycles. The lowest BCUT2D eigenvalue weighted by molar-refractivity contribution is -0.297. The van der Waals surface area contributed by atoms with Crippen LogP contribution in [0, 0.1) is 0 Å². The molecular weight excluding hydrogens is 520 g/mol. The molecule has 0 bridgehead atoms. The number of hydrogen-bond acceptors (Lipinski definition) is 9. The molecule has 10 nitrogen and oxygen atoms in total. The van der Waals surface area contributed by atoms with Gasteiger partial charge in [0.05, 0.1) is 24.3 Å². The van der Waals surface area contributed by atoms with Gasteiger partial charge in [0.15, 0.2) is 18.0 Å². The van der Waals surface area contributed by atoms with Crippen LogP contribution in [0.25, 0.3) is 11.0 Å². The van der Waals surface area contributed by atoms with Crippen molar-refractivity contribution >= 4 is 46.2 Å². The molecule has 3 heterocycles. The topological polar surface area (TPSA) is 126 Å². The maximum absolute atomic E-state index is 14.5. The van der Waals surface area contributed by atoms with Crippen molar-refractivity contribution in [1.29, 1.82) is 0 Å². The van der Waals surface area contributed by atoms with Gasteiger partial charge in [0.25, 0.3) is 0 Å². The molecule has 0 spiro atoms. The molecule has 0 radical (unpaired) electrons. The lowest BCUT2D eigenvalue weighted by Gasteiger charge is -2.35. The molecule has 15 heteroatoms. The van der Waals surface area contributed by atoms with E-state index in [1.807, 2.05) is 0 Å². The third kappa shape index (κ3) is 4.07. The SMILES string of the molecule is COC(=O)c1ccccc1[C@H]1O[C@@H](n2ncc3c(Cl)nc(Cl)nc32)[C@H](OC(C)=O)[C@@]1(O)C(F)(F)F. The number of carbonyl (C=O) groups is 2. The Labute approximate surface area is 204 Å². The van der Waals surface area contributed by atoms with Gasteiger partial charge in [-0.2, -0.15) is 23.3 Å². The molecule has 4 atom stereocenters. The van der Waals surface area contributed by atoms with E-state index in [9.17, 15) is 27.9 Å². The van der Waals surface area contributed by atoms with Crippen LogP contribution in [0.4, 0.5) is 13.2 Å². The summed E-state index contributed by atoms with van der Waals surface area (Å²) < 4.78 is 59.7. The number of methoxy groups -OCH3 is 1. The normalized spacial score (nSPS) is 24.5. The minimum atomic E-state index is -5.41. The zero-order chi connectivity index (χ0) is 25.7. The number of carbonyl (C=O) groups excluding carboxylic acids is 2. The van der Waals surface area contributed by atoms with Gasteiger partial charge in [0.2, 0.25) is 10.9 Å². The van der Waals surface area contributed by atoms with Crippen LogP contribution in [0.1, 0.15) is 35.2 Å². The fourth-order valence-corrected chi connectivity index (χ4v) is 4.31. The summed E-state index contributed by atoms with van der Waals surface area (Å²) in [7, 11) is 1.04. The van der Waals surface area contributed by atoms with E-state index in [1.54, 1.807) is 0 Å². The number of ether oxygens (including phenoxy) is 3. The van der Waals surface area contributed by atoms with Crippen molar-refractivity contribution in [3.63, 3.8) is 0 Å². The van der Waals surface area contributed by atoms with E-state index in [-0.39, 0.29) is 32.6 Å². The van der Waals surface area contributed by atoms with E-state index in [4.69, 9.17) is 32.7 Å². The van der Waals surface area contributed by atoms with Gasteiger partial charge in [-0.3, -0.25) is 4.79 Å². The summed E-state index contributed by atoms with van der Waals surface area (Å²) in [5.74, 6) is -2.12. The summed E-state index contributed by atoms with van der Waals surface area (Å²) in [5, 5.41) is 14.8. The summed E-state index contributed by atoms with van der Waals surface area (Å²) >= 11 is 11.9. The van der Waals surface area contributed by atoms with Crippen molar-refractivity contribution in [2.45, 2.75) is 37.1 Å². The minimum Gasteiger partial charge on any atom is -0.465 e. The number of fused-ring (bicyclic) bond motifs is 1. The molecule has 2 aromatic heterocycles. The summed E-state index contributed by atoms with van der Waals surface area (Å²) in [6.45, 7) is 0.862. The number of aliphatic hydroxyl groups is 1. The smallest absolute Gasteiger partial charge is 0.424 e. The number of alkyl halides is 3. The summed E-state index contributed by atoms with van der Waals surface area (Å²) in [6.07, 6.45) is -10.8. The van der Waals surface area contributed by atoms with Crippen LogP contribution in [-0.2, 0) is 19.0 Å². The number of halogens is 5. The van der Waals surface area contributed by atoms with Gasteiger partial charge >= 0.3 is 18.1 Å². The maximum Gasteiger partial charge on any atom is 0.424 e. The zero-order valence-corrected chi connectivity index (χ0v) is 19.3. The van der Waals surface area contributed by atoms with Gasteiger partial charge in [-0.15, -0.1) is 0 Å². The zero-order valence-electron chi connectivity index (χ0n) is 17.8. The van der Waals surface area contributed by atoms with E-state index >= 15 is 0 Å². The lowest BCUT2D eigenvalue weighted by atomic mass is 9.85. The van der Waals surface area contributed by atoms with Gasteiger partial charge in [-0.1, -0.05) is 29.8 Å². The number of benzene rings is 1. The van der Waals surface area contributed by atoms with Gasteiger partial charge in [0.1, 0.15) is 11.3 Å². The van der Waals surface area contributed by atoms with Crippen LogP contribution >= 0.6 is 23.2 Å². The van der Waals surface area contributed by atoms with Crippen LogP contribution in [0.3, 0.4) is 0 Å². The van der Waals surface area contributed by atoms with Crippen LogP contribution in [0.15, 0.2) is 30.5 Å². The Morgan fingerprint density at radius 1 is 1.23 bits per heavy atom. The minimum absolute atomic E-state index is 0.107. The summed E-state index contributed by atoms with van der Waals surface area (Å²) in [6, 6.07) is 5.08. The second-order valence-corrected chi connectivity index (χ2v) is 8.14. The van der Waals surface area contributed by atoms with Crippen LogP contribution < -0.4 is 0 Å². The third-order valence-electron chi connectivity index (χ3n) is 5.38. The molecule has 1 fully saturated rings. The van der Waals surface area contributed by atoms with Gasteiger partial charge in [-0.05, 0) is 23.2 Å². The Hall–Kier alpha value is -3.00. The standard InChI is InChI=1S/C20H15Cl2F3N4O6/c1-8(30)34-13-16(29-15-11(7-26-29)14(21)27-18(22)28-15)35-12(19(13,32)20(23,24)25)9-5-3-4-6-10(9)17(31)33-2/h3-7,12-13,16,32H,1-2H3/t12-,13+,16-,19-/m1/s1. The highest BCUT2D eigenvalue weighted by Gasteiger charge is 2.73. The Morgan fingerprint density at radius 3 is 2.54 bits per heavy atom. The molecule has 1 N–H and O–H groups in total. The van der Waals surface area contributed by atoms with E-state index < -0.39 is 42.2 Å². The number of hydrogen-bond donors (Lipinski definition) is 1. The molecule has 3 aromatic rings. The molecule has 1 aliphatic heterocycles. The fraction of sp³-hybridized carbons (Fsp3) is 0.350. The first-order valence-electron chi connectivity index (χ1n) is 9.75. The number of aromatic nitrogens is 4. The molecule has 0 unspecified atom stereocenters. The molecular formula is C20H15Cl2F3N4O6. The summed E-state index contributed by atoms with van der Waals surface area (Å²) in [4.78, 5) is 31.8. The number of esters is 2. The molecule has 1 aromatic carbocycles. The highest BCUT2D eigenvalue weighted by atomic mass is 35.5. The average Bonchev–Trinajstić information content (AvgIpc) is 3.32. The van der Waals surface area contributed by atoms with Gasteiger partial charge in [-0.25, -0.2) is 14.5 Å². The van der Waals surface area contributed by atoms with Crippen LogP contribution in [0.2, 0.25) is 10.4 Å². The first-order chi connectivity index (χ1) is 16.4. The third-order valence-corrected chi connectivity index (χ3v) is 5.84. The maximum atomic E-state index is 14.5. The van der Waals surface area contributed by atoms with Crippen molar-refractivity contribution < 1.29 is 42.1 Å². The highest BCUT2D eigenvalue weighted by molar-refractivity contribution is 6.35. The van der Waals surface area contributed by atoms with Crippen molar-refractivity contribution in [1.82, 2.24) is 19.7 Å². The summed E-state index contributed by atoms with van der Waals surface area (Å²) in [5.41, 5.74) is -4.64. The van der Waals surface area contributed by atoms with Crippen molar-refractivity contribution in [3.05, 3.63) is 52.0 Å². The average molecular weight is 535 g/mol. The predicted molar refractivity (Wildman–Crippen MR) is 113 cm³/mol. The second-order valence-electron chi connectivity index (χ2n) is 7.45. The largest absolute Gasteiger partial charge is 0.465 e. The van der Waals surface area contributed by atoms with Crippen molar-refractivity contribution in [2.24, 2.45) is 0 Å². The molecule has 35 heavy (non-hydrogen) atoms. The Kier molecular flexibility index (Phi) is 6.38. The van der Waals surface area contributed by atoms with Crippen molar-refractivity contribution in [3.8, 4) is 0 Å². The van der Waals surface area contributed by atoms with Gasteiger partial charge < -0.3 is 19.3 Å². The quantitative estimate of drug-likeness (QED) is 0.304. The van der Waals surface area contributed by atoms with E-state index in [2.05, 4.69) is 19.8 Å². The molecule has 0 aliphatic carbocycles. The number of nitrogens with zero attached hydrogens (tertiary/aromatic N) is 4. The lowest BCUT2D eigenvalue weighted by Crippen LogP contribution is -2.57. The molecule has 186 valence electrons. The molecule has 0 saturated carbocycles. The molecule has 0 amide bonds. The highest BCUT2D eigenvalue weighted by Crippen LogP contribution is 2.55. The second kappa shape index (κ2) is 8.90. The molecule has 4 rings (SSSR count). The first kappa shape index (κ1) is 25.1. The first-order valence-corrected chi connectivity index (χ1v) is 10.5. The Balaban J connectivity index is 1.97. The van der Waals surface area contributed by atoms with E-state index in [1.165, 1.54) is 18.2 Å². The van der Waals surface area contributed by atoms with Crippen LogP contribution in [0.5, 0.6) is 0 Å². The Morgan fingerprint density at radius 2 is 1.91 bits per heavy atom. The fourth-order valence-electron chi connectivity index (χ4n) is 3.89.